The molecule has 1 unspecified atom stereocenters. The van der Waals surface area contributed by atoms with Crippen LogP contribution in [0.3, 0.4) is 0 Å². The molecule has 0 saturated heterocycles. The van der Waals surface area contributed by atoms with Crippen LogP contribution in [0.1, 0.15) is 25.7 Å². The summed E-state index contributed by atoms with van der Waals surface area (Å²) in [7, 11) is 0. The second-order valence-electron chi connectivity index (χ2n) is 7.89. The Hall–Kier alpha value is -2.62. The van der Waals surface area contributed by atoms with Crippen LogP contribution in [0.25, 0.3) is 0 Å². The van der Waals surface area contributed by atoms with Crippen LogP contribution in [-0.2, 0) is 9.59 Å². The Morgan fingerprint density at radius 2 is 1.41 bits per heavy atom. The van der Waals surface area contributed by atoms with E-state index in [2.05, 4.69) is 10.6 Å². The zero-order valence-electron chi connectivity index (χ0n) is 18.0. The summed E-state index contributed by atoms with van der Waals surface area (Å²) in [6, 6.07) is 7.51. The number of ether oxygens (including phenoxy) is 2. The summed E-state index contributed by atoms with van der Waals surface area (Å²) in [6.07, 6.45) is 1.04. The van der Waals surface area contributed by atoms with Crippen molar-refractivity contribution in [2.45, 2.75) is 43.9 Å². The molecule has 1 aliphatic rings. The number of carbonyl (C=O) groups excluding carboxylic acids is 2. The molecule has 3 N–H and O–H groups in total. The van der Waals surface area contributed by atoms with Crippen LogP contribution < -0.4 is 20.1 Å². The molecule has 2 amide bonds. The molecule has 0 radical (unpaired) electrons. The van der Waals surface area contributed by atoms with Gasteiger partial charge in [-0.25, -0.2) is 8.78 Å². The molecule has 1 aliphatic carbocycles. The largest absolute Gasteiger partial charge is 0.490 e. The molecule has 0 spiro atoms. The normalized spacial score (nSPS) is 18.6. The van der Waals surface area contributed by atoms with Crippen LogP contribution in [0.4, 0.5) is 8.78 Å². The fourth-order valence-electron chi connectivity index (χ4n) is 3.48. The third-order valence-corrected chi connectivity index (χ3v) is 5.91. The van der Waals surface area contributed by atoms with Crippen molar-refractivity contribution in [1.82, 2.24) is 10.6 Å². The summed E-state index contributed by atoms with van der Waals surface area (Å²) < 4.78 is 37.4. The first-order valence-electron chi connectivity index (χ1n) is 10.6. The third kappa shape index (κ3) is 7.72. The maximum atomic E-state index is 13.4. The van der Waals surface area contributed by atoms with Gasteiger partial charge in [0.15, 0.2) is 12.7 Å². The maximum Gasteiger partial charge on any atom is 0.258 e. The highest BCUT2D eigenvalue weighted by Crippen LogP contribution is 2.22. The van der Waals surface area contributed by atoms with Crippen molar-refractivity contribution in [2.75, 3.05) is 13.2 Å². The molecule has 7 nitrogen and oxygen atoms in total. The smallest absolute Gasteiger partial charge is 0.258 e. The molecule has 0 aliphatic heterocycles. The van der Waals surface area contributed by atoms with Crippen molar-refractivity contribution >= 4 is 35.0 Å². The highest BCUT2D eigenvalue weighted by Gasteiger charge is 2.26. The van der Waals surface area contributed by atoms with Crippen LogP contribution in [0.2, 0.25) is 10.0 Å². The third-order valence-electron chi connectivity index (χ3n) is 5.30. The summed E-state index contributed by atoms with van der Waals surface area (Å²) in [5.41, 5.74) is 0. The van der Waals surface area contributed by atoms with E-state index in [1.165, 1.54) is 24.3 Å². The number of benzene rings is 2. The molecular formula is C23H24Cl2F2N2O5. The molecule has 0 heterocycles. The number of rotatable bonds is 9. The number of halogens is 4. The van der Waals surface area contributed by atoms with Crippen molar-refractivity contribution in [3.05, 3.63) is 58.1 Å². The molecule has 1 saturated carbocycles. The van der Waals surface area contributed by atoms with Crippen molar-refractivity contribution in [3.63, 3.8) is 0 Å². The van der Waals surface area contributed by atoms with E-state index in [4.69, 9.17) is 32.7 Å². The van der Waals surface area contributed by atoms with E-state index in [9.17, 15) is 23.5 Å². The van der Waals surface area contributed by atoms with Gasteiger partial charge >= 0.3 is 0 Å². The average Bonchev–Trinajstić information content (AvgIpc) is 2.81. The summed E-state index contributed by atoms with van der Waals surface area (Å²) in [5.74, 6) is -1.87. The highest BCUT2D eigenvalue weighted by atomic mass is 35.5. The van der Waals surface area contributed by atoms with Crippen molar-refractivity contribution in [3.8, 4) is 11.5 Å². The molecule has 184 valence electrons. The monoisotopic (exact) mass is 516 g/mol. The molecule has 2 aromatic rings. The fourth-order valence-corrected chi connectivity index (χ4v) is 3.72. The molecule has 0 aromatic heterocycles. The van der Waals surface area contributed by atoms with Gasteiger partial charge in [-0.1, -0.05) is 23.2 Å². The Labute approximate surface area is 205 Å². The minimum atomic E-state index is -1.42. The Balaban J connectivity index is 1.34. The number of hydrogen-bond acceptors (Lipinski definition) is 5. The Bertz CT molecular complexity index is 1020. The standard InChI is InChI=1S/C23H24Cl2F2N2O5/c24-17-7-5-15(9-19(17)26)33-11-21(30)23(32)29-14-3-1-13(2-4-14)28-22(31)12-34-16-6-8-18(25)20(27)10-16/h5-10,13-14,21,30H,1-4,11-12H2,(H,28,31)(H,29,32)/t13-,14+,21?. The fraction of sp³-hybridized carbons (Fsp3) is 0.391. The molecule has 1 fully saturated rings. The van der Waals surface area contributed by atoms with Gasteiger partial charge in [0, 0.05) is 24.2 Å². The second kappa shape index (κ2) is 12.2. The summed E-state index contributed by atoms with van der Waals surface area (Å²) in [6.45, 7) is -0.600. The quantitative estimate of drug-likeness (QED) is 0.472. The Morgan fingerprint density at radius 1 is 0.912 bits per heavy atom. The minimum absolute atomic E-state index is 0.0300. The van der Waals surface area contributed by atoms with E-state index in [0.717, 1.165) is 12.1 Å². The van der Waals surface area contributed by atoms with E-state index in [1.54, 1.807) is 0 Å². The van der Waals surface area contributed by atoms with Gasteiger partial charge in [-0.15, -0.1) is 0 Å². The molecule has 2 aromatic carbocycles. The summed E-state index contributed by atoms with van der Waals surface area (Å²) in [4.78, 5) is 24.3. The van der Waals surface area contributed by atoms with Crippen LogP contribution in [-0.4, -0.2) is 48.3 Å². The Kier molecular flexibility index (Phi) is 9.32. The molecule has 3 rings (SSSR count). The molecule has 0 bridgehead atoms. The second-order valence-corrected chi connectivity index (χ2v) is 8.71. The van der Waals surface area contributed by atoms with E-state index in [-0.39, 0.29) is 52.7 Å². The lowest BCUT2D eigenvalue weighted by molar-refractivity contribution is -0.132. The van der Waals surface area contributed by atoms with Gasteiger partial charge < -0.3 is 25.2 Å². The van der Waals surface area contributed by atoms with Gasteiger partial charge in [-0.2, -0.15) is 0 Å². The van der Waals surface area contributed by atoms with Gasteiger partial charge in [0.05, 0.1) is 10.0 Å². The van der Waals surface area contributed by atoms with Gasteiger partial charge in [0.25, 0.3) is 11.8 Å². The number of carbonyl (C=O) groups is 2. The molecule has 34 heavy (non-hydrogen) atoms. The van der Waals surface area contributed by atoms with Crippen LogP contribution in [0.5, 0.6) is 11.5 Å². The topological polar surface area (TPSA) is 96.9 Å². The predicted octanol–water partition coefficient (Wildman–Crippen LogP) is 3.63. The van der Waals surface area contributed by atoms with Crippen molar-refractivity contribution in [2.24, 2.45) is 0 Å². The van der Waals surface area contributed by atoms with Gasteiger partial charge in [-0.3, -0.25) is 9.59 Å². The SMILES string of the molecule is O=C(COc1ccc(Cl)c(F)c1)N[C@H]1CC[C@@H](NC(=O)C(O)COc2ccc(Cl)c(F)c2)CC1. The van der Waals surface area contributed by atoms with E-state index in [1.807, 2.05) is 0 Å². The van der Waals surface area contributed by atoms with E-state index in [0.29, 0.717) is 25.7 Å². The highest BCUT2D eigenvalue weighted by molar-refractivity contribution is 6.31. The first-order valence-corrected chi connectivity index (χ1v) is 11.4. The Morgan fingerprint density at radius 3 is 1.94 bits per heavy atom. The van der Waals surface area contributed by atoms with E-state index < -0.39 is 23.6 Å². The number of aliphatic hydroxyl groups is 1. The first-order chi connectivity index (χ1) is 16.2. The minimum Gasteiger partial charge on any atom is -0.490 e. The van der Waals surface area contributed by atoms with Gasteiger partial charge in [-0.05, 0) is 49.9 Å². The van der Waals surface area contributed by atoms with Gasteiger partial charge in [0.1, 0.15) is 29.7 Å². The number of amides is 2. The lowest BCUT2D eigenvalue weighted by atomic mass is 9.91. The van der Waals surface area contributed by atoms with E-state index >= 15 is 0 Å². The number of hydrogen-bond donors (Lipinski definition) is 3. The summed E-state index contributed by atoms with van der Waals surface area (Å²) >= 11 is 11.2. The van der Waals surface area contributed by atoms with Crippen LogP contribution >= 0.6 is 23.2 Å². The van der Waals surface area contributed by atoms with Gasteiger partial charge in [0.2, 0.25) is 0 Å². The lowest BCUT2D eigenvalue weighted by Gasteiger charge is -2.30. The van der Waals surface area contributed by atoms with Crippen molar-refractivity contribution in [1.29, 1.82) is 0 Å². The number of nitrogens with one attached hydrogen (secondary N) is 2. The average molecular weight is 517 g/mol. The first kappa shape index (κ1) is 26.0. The summed E-state index contributed by atoms with van der Waals surface area (Å²) in [5, 5.41) is 15.6. The van der Waals surface area contributed by atoms with Crippen LogP contribution in [0.15, 0.2) is 36.4 Å². The maximum absolute atomic E-state index is 13.4. The molecule has 1 atom stereocenters. The van der Waals surface area contributed by atoms with Crippen molar-refractivity contribution < 1.29 is 33.0 Å². The van der Waals surface area contributed by atoms with Crippen LogP contribution in [0, 0.1) is 11.6 Å². The molecular weight excluding hydrogens is 493 g/mol. The number of aliphatic hydroxyl groups excluding tert-OH is 1. The zero-order chi connectivity index (χ0) is 24.7. The zero-order valence-corrected chi connectivity index (χ0v) is 19.5. The molecule has 11 heteroatoms. The predicted molar refractivity (Wildman–Crippen MR) is 122 cm³/mol. The lowest BCUT2D eigenvalue weighted by Crippen LogP contribution is -2.48.